The normalized spacial score (nSPS) is 15.5. The van der Waals surface area contributed by atoms with Crippen molar-refractivity contribution in [2.45, 2.75) is 13.3 Å². The first-order valence-corrected chi connectivity index (χ1v) is 10.7. The molecule has 8 nitrogen and oxygen atoms in total. The molecule has 0 radical (unpaired) electrons. The Hall–Kier alpha value is -3.10. The molecular weight excluding hydrogens is 444 g/mol. The van der Waals surface area contributed by atoms with E-state index < -0.39 is 6.09 Å². The number of phenolic OH excluding ortho intramolecular Hbond substituents is 1. The highest BCUT2D eigenvalue weighted by molar-refractivity contribution is 5.92. The number of carboxylic acid groups (broad SMARTS) is 1. The SMILES string of the molecule is COCCN(C[C@H]1CCN(c2nc(-c3ccccc3O)nc3cc(C)ccc23)C1)C(=O)O.Cl. The number of carbonyl (C=O) groups is 1. The number of phenols is 1. The Balaban J connectivity index is 0.00000306. The summed E-state index contributed by atoms with van der Waals surface area (Å²) in [6.45, 7) is 4.70. The molecule has 1 aliphatic heterocycles. The maximum atomic E-state index is 11.6. The summed E-state index contributed by atoms with van der Waals surface area (Å²) in [6, 6.07) is 13.2. The van der Waals surface area contributed by atoms with Gasteiger partial charge in [0, 0.05) is 38.7 Å². The number of para-hydroxylation sites is 1. The van der Waals surface area contributed by atoms with Crippen molar-refractivity contribution in [2.24, 2.45) is 5.92 Å². The smallest absolute Gasteiger partial charge is 0.407 e. The molecule has 3 aromatic rings. The average Bonchev–Trinajstić information content (AvgIpc) is 3.24. The van der Waals surface area contributed by atoms with Crippen LogP contribution in [0.2, 0.25) is 0 Å². The van der Waals surface area contributed by atoms with E-state index in [0.717, 1.165) is 35.2 Å². The molecule has 2 aromatic carbocycles. The van der Waals surface area contributed by atoms with E-state index in [1.165, 1.54) is 4.90 Å². The Morgan fingerprint density at radius 1 is 1.24 bits per heavy atom. The van der Waals surface area contributed by atoms with Gasteiger partial charge < -0.3 is 24.7 Å². The highest BCUT2D eigenvalue weighted by atomic mass is 35.5. The van der Waals surface area contributed by atoms with E-state index in [-0.39, 0.29) is 24.1 Å². The zero-order valence-corrected chi connectivity index (χ0v) is 19.6. The van der Waals surface area contributed by atoms with Crippen LogP contribution in [0.25, 0.3) is 22.3 Å². The van der Waals surface area contributed by atoms with Crippen LogP contribution in [0.5, 0.6) is 5.75 Å². The zero-order chi connectivity index (χ0) is 22.7. The van der Waals surface area contributed by atoms with E-state index in [4.69, 9.17) is 14.7 Å². The first-order chi connectivity index (χ1) is 15.5. The van der Waals surface area contributed by atoms with E-state index in [2.05, 4.69) is 4.90 Å². The van der Waals surface area contributed by atoms with Crippen molar-refractivity contribution >= 4 is 35.2 Å². The fourth-order valence-electron chi connectivity index (χ4n) is 4.20. The van der Waals surface area contributed by atoms with E-state index in [0.29, 0.717) is 37.6 Å². The number of fused-ring (bicyclic) bond motifs is 1. The fourth-order valence-corrected chi connectivity index (χ4v) is 4.20. The number of rotatable bonds is 7. The van der Waals surface area contributed by atoms with Gasteiger partial charge in [0.2, 0.25) is 0 Å². The molecule has 1 atom stereocenters. The number of aromatic nitrogens is 2. The maximum Gasteiger partial charge on any atom is 0.407 e. The fraction of sp³-hybridized carbons (Fsp3) is 0.375. The second kappa shape index (κ2) is 10.7. The standard InChI is InChI=1S/C24H28N4O4.ClH/c1-16-7-8-18-20(13-16)25-22(19-5-3-4-6-21(19)29)26-23(18)27-10-9-17(14-27)15-28(24(30)31)11-12-32-2;/h3-8,13,17,29H,9-12,14-15H2,1-2H3,(H,30,31);1H/t17-;/m0./s1. The molecule has 0 unspecified atom stereocenters. The molecule has 0 bridgehead atoms. The largest absolute Gasteiger partial charge is 0.507 e. The molecule has 1 amide bonds. The molecule has 4 rings (SSSR count). The van der Waals surface area contributed by atoms with Crippen LogP contribution in [-0.2, 0) is 4.74 Å². The summed E-state index contributed by atoms with van der Waals surface area (Å²) in [4.78, 5) is 24.8. The lowest BCUT2D eigenvalue weighted by molar-refractivity contribution is 0.112. The predicted molar refractivity (Wildman–Crippen MR) is 130 cm³/mol. The number of halogens is 1. The number of ether oxygens (including phenoxy) is 1. The molecule has 0 aliphatic carbocycles. The molecule has 2 N–H and O–H groups in total. The lowest BCUT2D eigenvalue weighted by atomic mass is 10.1. The summed E-state index contributed by atoms with van der Waals surface area (Å²) in [5.41, 5.74) is 2.51. The minimum absolute atomic E-state index is 0. The van der Waals surface area contributed by atoms with Gasteiger partial charge in [0.1, 0.15) is 11.6 Å². The highest BCUT2D eigenvalue weighted by Gasteiger charge is 2.28. The van der Waals surface area contributed by atoms with Gasteiger partial charge in [0.15, 0.2) is 5.82 Å². The third-order valence-electron chi connectivity index (χ3n) is 5.88. The molecular formula is C24H29ClN4O4. The van der Waals surface area contributed by atoms with Gasteiger partial charge >= 0.3 is 6.09 Å². The Morgan fingerprint density at radius 2 is 2.03 bits per heavy atom. The molecule has 176 valence electrons. The van der Waals surface area contributed by atoms with Crippen LogP contribution in [0.4, 0.5) is 10.6 Å². The molecule has 0 spiro atoms. The first kappa shape index (κ1) is 24.5. The third-order valence-corrected chi connectivity index (χ3v) is 5.88. The highest BCUT2D eigenvalue weighted by Crippen LogP contribution is 2.34. The van der Waals surface area contributed by atoms with Gasteiger partial charge in [-0.1, -0.05) is 18.2 Å². The molecule has 2 heterocycles. The van der Waals surface area contributed by atoms with E-state index in [1.54, 1.807) is 19.2 Å². The Morgan fingerprint density at radius 3 is 2.76 bits per heavy atom. The number of aromatic hydroxyl groups is 1. The van der Waals surface area contributed by atoms with Gasteiger partial charge in [-0.15, -0.1) is 12.4 Å². The van der Waals surface area contributed by atoms with Crippen LogP contribution in [0.15, 0.2) is 42.5 Å². The lowest BCUT2D eigenvalue weighted by Crippen LogP contribution is -2.37. The molecule has 1 saturated heterocycles. The zero-order valence-electron chi connectivity index (χ0n) is 18.8. The topological polar surface area (TPSA) is 99.0 Å². The summed E-state index contributed by atoms with van der Waals surface area (Å²) >= 11 is 0. The van der Waals surface area contributed by atoms with Crippen molar-refractivity contribution in [1.29, 1.82) is 0 Å². The van der Waals surface area contributed by atoms with Gasteiger partial charge in [0.05, 0.1) is 17.7 Å². The Bertz CT molecular complexity index is 1130. The van der Waals surface area contributed by atoms with Crippen LogP contribution in [0.1, 0.15) is 12.0 Å². The maximum absolute atomic E-state index is 11.6. The Labute approximate surface area is 199 Å². The van der Waals surface area contributed by atoms with Gasteiger partial charge in [-0.05, 0) is 49.1 Å². The van der Waals surface area contributed by atoms with Crippen LogP contribution < -0.4 is 4.90 Å². The number of hydrogen-bond donors (Lipinski definition) is 2. The summed E-state index contributed by atoms with van der Waals surface area (Å²) in [5.74, 6) is 1.63. The summed E-state index contributed by atoms with van der Waals surface area (Å²) < 4.78 is 5.05. The second-order valence-corrected chi connectivity index (χ2v) is 8.23. The summed E-state index contributed by atoms with van der Waals surface area (Å²) in [5, 5.41) is 20.8. The van der Waals surface area contributed by atoms with Gasteiger partial charge in [0.25, 0.3) is 0 Å². The van der Waals surface area contributed by atoms with Crippen LogP contribution in [0.3, 0.4) is 0 Å². The van der Waals surface area contributed by atoms with E-state index in [9.17, 15) is 15.0 Å². The van der Waals surface area contributed by atoms with E-state index in [1.807, 2.05) is 37.3 Å². The summed E-state index contributed by atoms with van der Waals surface area (Å²) in [7, 11) is 1.57. The third kappa shape index (κ3) is 5.46. The van der Waals surface area contributed by atoms with Crippen molar-refractivity contribution < 1.29 is 19.7 Å². The minimum Gasteiger partial charge on any atom is -0.507 e. The van der Waals surface area contributed by atoms with Crippen molar-refractivity contribution in [1.82, 2.24) is 14.9 Å². The molecule has 9 heteroatoms. The number of methoxy groups -OCH3 is 1. The molecule has 1 fully saturated rings. The van der Waals surface area contributed by atoms with Crippen LogP contribution in [0, 0.1) is 12.8 Å². The number of amides is 1. The number of benzene rings is 2. The van der Waals surface area contributed by atoms with Crippen LogP contribution >= 0.6 is 12.4 Å². The lowest BCUT2D eigenvalue weighted by Gasteiger charge is -2.24. The van der Waals surface area contributed by atoms with Crippen molar-refractivity contribution in [2.75, 3.05) is 44.8 Å². The quantitative estimate of drug-likeness (QED) is 0.532. The number of hydrogen-bond acceptors (Lipinski definition) is 6. The molecule has 1 aliphatic rings. The number of anilines is 1. The average molecular weight is 473 g/mol. The minimum atomic E-state index is -0.926. The monoisotopic (exact) mass is 472 g/mol. The number of nitrogens with zero attached hydrogens (tertiary/aromatic N) is 4. The van der Waals surface area contributed by atoms with Crippen molar-refractivity contribution in [3.05, 3.63) is 48.0 Å². The number of aryl methyl sites for hydroxylation is 1. The van der Waals surface area contributed by atoms with Gasteiger partial charge in [-0.2, -0.15) is 0 Å². The Kier molecular flexibility index (Phi) is 7.94. The van der Waals surface area contributed by atoms with Gasteiger partial charge in [-0.25, -0.2) is 14.8 Å². The van der Waals surface area contributed by atoms with Crippen molar-refractivity contribution in [3.63, 3.8) is 0 Å². The van der Waals surface area contributed by atoms with Crippen LogP contribution in [-0.4, -0.2) is 71.1 Å². The second-order valence-electron chi connectivity index (χ2n) is 8.23. The predicted octanol–water partition coefficient (Wildman–Crippen LogP) is 4.19. The molecule has 1 aromatic heterocycles. The first-order valence-electron chi connectivity index (χ1n) is 10.7. The van der Waals surface area contributed by atoms with E-state index >= 15 is 0 Å². The van der Waals surface area contributed by atoms with Crippen molar-refractivity contribution in [3.8, 4) is 17.1 Å². The van der Waals surface area contributed by atoms with Gasteiger partial charge in [-0.3, -0.25) is 0 Å². The molecule has 0 saturated carbocycles. The summed E-state index contributed by atoms with van der Waals surface area (Å²) in [6.07, 6.45) is -0.0506. The molecule has 33 heavy (non-hydrogen) atoms.